The number of nitrogens with zero attached hydrogens (tertiary/aromatic N) is 4. The minimum Gasteiger partial charge on any atom is -0.356 e. The number of halogens is 3. The highest BCUT2D eigenvalue weighted by Gasteiger charge is 2.47. The summed E-state index contributed by atoms with van der Waals surface area (Å²) in [6.45, 7) is 0.844. The zero-order chi connectivity index (χ0) is 19.2. The second-order valence-corrected chi connectivity index (χ2v) is 7.47. The minimum absolute atomic E-state index is 0.0170. The van der Waals surface area contributed by atoms with E-state index < -0.39 is 11.9 Å². The molecular formula is C18H20F3N5O. The van der Waals surface area contributed by atoms with Crippen LogP contribution >= 0.6 is 0 Å². The molecule has 0 unspecified atom stereocenters. The summed E-state index contributed by atoms with van der Waals surface area (Å²) < 4.78 is 38.5. The predicted octanol–water partition coefficient (Wildman–Crippen LogP) is 2.13. The summed E-state index contributed by atoms with van der Waals surface area (Å²) in [6.07, 6.45) is 0.996. The molecule has 144 valence electrons. The van der Waals surface area contributed by atoms with E-state index in [0.29, 0.717) is 19.5 Å². The molecular weight excluding hydrogens is 359 g/mol. The van der Waals surface area contributed by atoms with Crippen LogP contribution in [0.2, 0.25) is 0 Å². The van der Waals surface area contributed by atoms with E-state index in [1.54, 1.807) is 9.80 Å². The number of fused-ring (bicyclic) bond motifs is 2. The number of rotatable bonds is 3. The Morgan fingerprint density at radius 1 is 1.30 bits per heavy atom. The maximum absolute atomic E-state index is 12.8. The van der Waals surface area contributed by atoms with Crippen molar-refractivity contribution >= 4 is 11.7 Å². The Labute approximate surface area is 154 Å². The van der Waals surface area contributed by atoms with Crippen molar-refractivity contribution in [3.05, 3.63) is 23.9 Å². The molecule has 27 heavy (non-hydrogen) atoms. The van der Waals surface area contributed by atoms with Crippen molar-refractivity contribution in [2.24, 2.45) is 5.92 Å². The molecule has 0 radical (unpaired) electrons. The first-order valence-corrected chi connectivity index (χ1v) is 9.14. The van der Waals surface area contributed by atoms with Gasteiger partial charge in [0.15, 0.2) is 6.19 Å². The Morgan fingerprint density at radius 2 is 2.11 bits per heavy atom. The number of nitriles is 1. The van der Waals surface area contributed by atoms with Crippen molar-refractivity contribution in [3.8, 4) is 6.19 Å². The van der Waals surface area contributed by atoms with Gasteiger partial charge in [-0.2, -0.15) is 18.4 Å². The fourth-order valence-corrected chi connectivity index (χ4v) is 4.54. The van der Waals surface area contributed by atoms with Gasteiger partial charge < -0.3 is 15.1 Å². The van der Waals surface area contributed by atoms with Gasteiger partial charge >= 0.3 is 6.18 Å². The van der Waals surface area contributed by atoms with Crippen molar-refractivity contribution in [2.45, 2.75) is 50.0 Å². The number of nitrogens with one attached hydrogen (secondary N) is 1. The largest absolute Gasteiger partial charge is 0.433 e. The van der Waals surface area contributed by atoms with Gasteiger partial charge in [-0.3, -0.25) is 4.79 Å². The summed E-state index contributed by atoms with van der Waals surface area (Å²) in [4.78, 5) is 19.9. The smallest absolute Gasteiger partial charge is 0.356 e. The van der Waals surface area contributed by atoms with Gasteiger partial charge in [0.05, 0.1) is 18.0 Å². The normalized spacial score (nSPS) is 29.9. The van der Waals surface area contributed by atoms with E-state index in [-0.39, 0.29) is 35.8 Å². The van der Waals surface area contributed by atoms with Crippen molar-refractivity contribution in [3.63, 3.8) is 0 Å². The van der Waals surface area contributed by atoms with E-state index in [0.717, 1.165) is 25.3 Å². The van der Waals surface area contributed by atoms with E-state index in [2.05, 4.69) is 16.5 Å². The van der Waals surface area contributed by atoms with Crippen LogP contribution in [0.3, 0.4) is 0 Å². The summed E-state index contributed by atoms with van der Waals surface area (Å²) in [6, 6.07) is 4.10. The number of alkyl halides is 3. The van der Waals surface area contributed by atoms with Crippen molar-refractivity contribution in [1.82, 2.24) is 15.2 Å². The lowest BCUT2D eigenvalue weighted by atomic mass is 9.95. The molecule has 9 heteroatoms. The van der Waals surface area contributed by atoms with Gasteiger partial charge in [0.1, 0.15) is 11.5 Å². The molecule has 4 atom stereocenters. The Morgan fingerprint density at radius 3 is 2.81 bits per heavy atom. The summed E-state index contributed by atoms with van der Waals surface area (Å²) in [7, 11) is 0. The zero-order valence-electron chi connectivity index (χ0n) is 14.6. The van der Waals surface area contributed by atoms with Crippen LogP contribution in [0, 0.1) is 17.4 Å². The Bertz CT molecular complexity index is 777. The van der Waals surface area contributed by atoms with E-state index in [1.165, 1.54) is 12.1 Å². The molecule has 3 fully saturated rings. The maximum Gasteiger partial charge on any atom is 0.433 e. The quantitative estimate of drug-likeness (QED) is 0.815. The fourth-order valence-electron chi connectivity index (χ4n) is 4.54. The van der Waals surface area contributed by atoms with Crippen LogP contribution < -0.4 is 10.2 Å². The van der Waals surface area contributed by atoms with Gasteiger partial charge in [0.25, 0.3) is 0 Å². The molecule has 1 aromatic heterocycles. The second kappa shape index (κ2) is 6.59. The van der Waals surface area contributed by atoms with Gasteiger partial charge in [-0.15, -0.1) is 0 Å². The van der Waals surface area contributed by atoms with Crippen LogP contribution in [0.4, 0.5) is 19.0 Å². The summed E-state index contributed by atoms with van der Waals surface area (Å²) in [5.41, 5.74) is -0.925. The number of aromatic nitrogens is 1. The first kappa shape index (κ1) is 17.9. The molecule has 1 N–H and O–H groups in total. The lowest BCUT2D eigenvalue weighted by molar-refractivity contribution is -0.141. The number of pyridine rings is 1. The number of carbonyl (C=O) groups excluding carboxylic acids is 1. The summed E-state index contributed by atoms with van der Waals surface area (Å²) >= 11 is 0. The monoisotopic (exact) mass is 379 g/mol. The first-order chi connectivity index (χ1) is 12.9. The van der Waals surface area contributed by atoms with E-state index >= 15 is 0 Å². The van der Waals surface area contributed by atoms with Crippen LogP contribution in [0.15, 0.2) is 18.2 Å². The lowest BCUT2D eigenvalue weighted by Gasteiger charge is -2.24. The van der Waals surface area contributed by atoms with Crippen molar-refractivity contribution in [1.29, 1.82) is 5.26 Å². The Balaban J connectivity index is 1.37. The Hall–Kier alpha value is -2.50. The fraction of sp³-hybridized carbons (Fsp3) is 0.611. The molecule has 0 saturated carbocycles. The number of hydrogen-bond acceptors (Lipinski definition) is 5. The third-order valence-electron chi connectivity index (χ3n) is 5.89. The molecule has 6 nitrogen and oxygen atoms in total. The minimum atomic E-state index is -4.49. The molecule has 1 aromatic rings. The number of carbonyl (C=O) groups is 1. The van der Waals surface area contributed by atoms with E-state index in [1.807, 2.05) is 0 Å². The summed E-state index contributed by atoms with van der Waals surface area (Å²) in [5, 5.41) is 12.3. The Kier molecular flexibility index (Phi) is 4.36. The van der Waals surface area contributed by atoms with E-state index in [4.69, 9.17) is 0 Å². The lowest BCUT2D eigenvalue weighted by Crippen LogP contribution is -2.46. The third kappa shape index (κ3) is 3.29. The molecule has 0 aromatic carbocycles. The highest BCUT2D eigenvalue weighted by molar-refractivity contribution is 5.80. The third-order valence-corrected chi connectivity index (χ3v) is 5.89. The first-order valence-electron chi connectivity index (χ1n) is 9.14. The average molecular weight is 379 g/mol. The highest BCUT2D eigenvalue weighted by Crippen LogP contribution is 2.37. The van der Waals surface area contributed by atoms with Crippen LogP contribution in [0.25, 0.3) is 0 Å². The molecule has 2 bridgehead atoms. The van der Waals surface area contributed by atoms with Crippen LogP contribution in [0.5, 0.6) is 0 Å². The van der Waals surface area contributed by atoms with Gasteiger partial charge in [-0.25, -0.2) is 4.98 Å². The molecule has 4 heterocycles. The van der Waals surface area contributed by atoms with Gasteiger partial charge in [0, 0.05) is 19.1 Å². The highest BCUT2D eigenvalue weighted by atomic mass is 19.4. The molecule has 4 rings (SSSR count). The van der Waals surface area contributed by atoms with Crippen molar-refractivity contribution < 1.29 is 18.0 Å². The SMILES string of the molecule is N#CN1[C@H]2CC[C@@H]1[C@H](NC(=O)[C@H]1CCN(c3cccc(C(F)(F)F)n3)C1)C2. The molecule has 3 aliphatic rings. The van der Waals surface area contributed by atoms with Crippen LogP contribution in [-0.4, -0.2) is 47.0 Å². The summed E-state index contributed by atoms with van der Waals surface area (Å²) in [5.74, 6) is -0.119. The number of hydrogen-bond donors (Lipinski definition) is 1. The topological polar surface area (TPSA) is 72.3 Å². The standard InChI is InChI=1S/C18H20F3N5O/c19-18(20,21)15-2-1-3-16(24-15)25-7-6-11(9-25)17(27)23-13-8-12-4-5-14(13)26(12)10-22/h1-3,11-14H,4-9H2,(H,23,27)/t11-,12-,13+,14+/m0/s1. The van der Waals surface area contributed by atoms with Crippen LogP contribution in [-0.2, 0) is 11.0 Å². The molecule has 3 aliphatic heterocycles. The van der Waals surface area contributed by atoms with Crippen LogP contribution in [0.1, 0.15) is 31.4 Å². The molecule has 1 amide bonds. The predicted molar refractivity (Wildman–Crippen MR) is 90.4 cm³/mol. The molecule has 0 spiro atoms. The molecule has 0 aliphatic carbocycles. The van der Waals surface area contributed by atoms with Gasteiger partial charge in [0.2, 0.25) is 5.91 Å². The van der Waals surface area contributed by atoms with Gasteiger partial charge in [-0.1, -0.05) is 6.07 Å². The zero-order valence-corrected chi connectivity index (χ0v) is 14.6. The van der Waals surface area contributed by atoms with Gasteiger partial charge in [-0.05, 0) is 37.8 Å². The average Bonchev–Trinajstić information content (AvgIpc) is 3.35. The second-order valence-electron chi connectivity index (χ2n) is 7.47. The van der Waals surface area contributed by atoms with Crippen molar-refractivity contribution in [2.75, 3.05) is 18.0 Å². The number of amides is 1. The maximum atomic E-state index is 12.8. The molecule has 3 saturated heterocycles. The number of anilines is 1. The van der Waals surface area contributed by atoms with E-state index in [9.17, 15) is 23.2 Å².